The van der Waals surface area contributed by atoms with E-state index in [1.165, 1.54) is 5.56 Å². The van der Waals surface area contributed by atoms with Crippen molar-refractivity contribution in [3.63, 3.8) is 0 Å². The number of fused-ring (bicyclic) bond motifs is 6. The number of pyridine rings is 2. The van der Waals surface area contributed by atoms with Gasteiger partial charge in [0.2, 0.25) is 0 Å². The minimum absolute atomic E-state index is 0.821. The van der Waals surface area contributed by atoms with Crippen molar-refractivity contribution in [2.45, 2.75) is 6.92 Å². The SMILES string of the molecule is COc1ccc(-c2c3c4ccccc4n(-c4ccccc4)c3nc3c2c2ccccc2n3-c2cccc(-c3ccccc3C)n2)cc1. The molecule has 0 saturated carbocycles. The van der Waals surface area contributed by atoms with E-state index in [2.05, 4.69) is 150 Å². The predicted molar refractivity (Wildman–Crippen MR) is 193 cm³/mol. The minimum atomic E-state index is 0.821. The lowest BCUT2D eigenvalue weighted by Crippen LogP contribution is -2.02. The lowest BCUT2D eigenvalue weighted by molar-refractivity contribution is 0.415. The summed E-state index contributed by atoms with van der Waals surface area (Å²) >= 11 is 0. The van der Waals surface area contributed by atoms with Gasteiger partial charge in [0, 0.05) is 38.4 Å². The van der Waals surface area contributed by atoms with Gasteiger partial charge in [0.1, 0.15) is 22.9 Å². The number of methoxy groups -OCH3 is 1. The predicted octanol–water partition coefficient (Wildman–Crippen LogP) is 10.3. The molecule has 5 heteroatoms. The van der Waals surface area contributed by atoms with Crippen LogP contribution in [0.2, 0.25) is 0 Å². The lowest BCUT2D eigenvalue weighted by Gasteiger charge is -2.13. The Kier molecular flexibility index (Phi) is 6.18. The molecule has 0 saturated heterocycles. The molecule has 5 nitrogen and oxygen atoms in total. The van der Waals surface area contributed by atoms with E-state index in [4.69, 9.17) is 14.7 Å². The van der Waals surface area contributed by atoms with Gasteiger partial charge < -0.3 is 4.74 Å². The molecule has 9 rings (SSSR count). The number of hydrogen-bond donors (Lipinski definition) is 0. The quantitative estimate of drug-likeness (QED) is 0.196. The second kappa shape index (κ2) is 10.7. The van der Waals surface area contributed by atoms with Gasteiger partial charge in [-0.3, -0.25) is 9.13 Å². The zero-order chi connectivity index (χ0) is 31.5. The summed E-state index contributed by atoms with van der Waals surface area (Å²) in [4.78, 5) is 10.9. The summed E-state index contributed by atoms with van der Waals surface area (Å²) in [5.74, 6) is 1.65. The highest BCUT2D eigenvalue weighted by Gasteiger charge is 2.25. The van der Waals surface area contributed by atoms with Crippen LogP contribution in [0, 0.1) is 6.92 Å². The molecular formula is C42H30N4O. The molecule has 47 heavy (non-hydrogen) atoms. The van der Waals surface area contributed by atoms with Crippen molar-refractivity contribution in [2.24, 2.45) is 0 Å². The Labute approximate surface area is 272 Å². The van der Waals surface area contributed by atoms with Gasteiger partial charge in [-0.1, -0.05) is 97.1 Å². The second-order valence-electron chi connectivity index (χ2n) is 11.8. The van der Waals surface area contributed by atoms with Gasteiger partial charge in [0.05, 0.1) is 23.8 Å². The van der Waals surface area contributed by atoms with Gasteiger partial charge in [-0.05, 0) is 66.6 Å². The third kappa shape index (κ3) is 4.17. The van der Waals surface area contributed by atoms with Crippen LogP contribution in [-0.2, 0) is 0 Å². The van der Waals surface area contributed by atoms with E-state index in [0.717, 1.165) is 83.5 Å². The molecule has 0 aliphatic rings. The van der Waals surface area contributed by atoms with Crippen LogP contribution in [0.1, 0.15) is 5.56 Å². The highest BCUT2D eigenvalue weighted by atomic mass is 16.5. The molecule has 0 atom stereocenters. The topological polar surface area (TPSA) is 44.9 Å². The molecule has 0 bridgehead atoms. The van der Waals surface area contributed by atoms with E-state index in [1.54, 1.807) is 7.11 Å². The van der Waals surface area contributed by atoms with Gasteiger partial charge >= 0.3 is 0 Å². The second-order valence-corrected chi connectivity index (χ2v) is 11.8. The summed E-state index contributed by atoms with van der Waals surface area (Å²) in [7, 11) is 1.71. The summed E-state index contributed by atoms with van der Waals surface area (Å²) in [6, 6.07) is 50.7. The smallest absolute Gasteiger partial charge is 0.149 e. The summed E-state index contributed by atoms with van der Waals surface area (Å²) in [6.07, 6.45) is 0. The average molecular weight is 607 g/mol. The molecular weight excluding hydrogens is 576 g/mol. The van der Waals surface area contributed by atoms with E-state index in [0.29, 0.717) is 0 Å². The Morgan fingerprint density at radius 1 is 0.532 bits per heavy atom. The maximum Gasteiger partial charge on any atom is 0.149 e. The first-order chi connectivity index (χ1) is 23.2. The Morgan fingerprint density at radius 2 is 1.15 bits per heavy atom. The summed E-state index contributed by atoms with van der Waals surface area (Å²) < 4.78 is 10.1. The van der Waals surface area contributed by atoms with Crippen molar-refractivity contribution >= 4 is 43.9 Å². The van der Waals surface area contributed by atoms with Crippen molar-refractivity contribution in [3.05, 3.63) is 151 Å². The maximum atomic E-state index is 5.61. The Bertz CT molecular complexity index is 2610. The van der Waals surface area contributed by atoms with Crippen LogP contribution in [0.4, 0.5) is 0 Å². The third-order valence-corrected chi connectivity index (χ3v) is 9.19. The fourth-order valence-electron chi connectivity index (χ4n) is 7.06. The minimum Gasteiger partial charge on any atom is -0.497 e. The molecule has 9 aromatic rings. The first kappa shape index (κ1) is 27.1. The molecule has 0 aliphatic heterocycles. The highest BCUT2D eigenvalue weighted by Crippen LogP contribution is 2.45. The Hall–Kier alpha value is -6.20. The molecule has 4 aromatic heterocycles. The van der Waals surface area contributed by atoms with Crippen LogP contribution in [0.3, 0.4) is 0 Å². The molecule has 0 spiro atoms. The van der Waals surface area contributed by atoms with E-state index >= 15 is 0 Å². The number of ether oxygens (including phenoxy) is 1. The standard InChI is InChI=1S/C42H30N4O/c1-27-13-6-7-16-31(27)34-19-12-22-37(43-34)46-36-21-11-9-18-33(36)40-38(28-23-25-30(47-2)26-24-28)39-32-17-8-10-20-35(32)45(41(39)44-42(40)46)29-14-4-3-5-15-29/h3-26H,1-2H3. The van der Waals surface area contributed by atoms with Crippen LogP contribution in [0.15, 0.2) is 146 Å². The van der Waals surface area contributed by atoms with Gasteiger partial charge in [0.25, 0.3) is 0 Å². The normalized spacial score (nSPS) is 11.6. The zero-order valence-electron chi connectivity index (χ0n) is 26.1. The van der Waals surface area contributed by atoms with E-state index < -0.39 is 0 Å². The molecule has 4 heterocycles. The fraction of sp³-hybridized carbons (Fsp3) is 0.0476. The molecule has 224 valence electrons. The monoisotopic (exact) mass is 606 g/mol. The first-order valence-corrected chi connectivity index (χ1v) is 15.8. The molecule has 0 radical (unpaired) electrons. The van der Waals surface area contributed by atoms with Crippen LogP contribution in [0.25, 0.3) is 77.8 Å². The largest absolute Gasteiger partial charge is 0.497 e. The van der Waals surface area contributed by atoms with Crippen molar-refractivity contribution in [3.8, 4) is 39.6 Å². The number of aryl methyl sites for hydroxylation is 1. The number of hydrogen-bond acceptors (Lipinski definition) is 3. The van der Waals surface area contributed by atoms with Gasteiger partial charge in [-0.2, -0.15) is 0 Å². The average Bonchev–Trinajstić information content (AvgIpc) is 3.64. The number of aromatic nitrogens is 4. The van der Waals surface area contributed by atoms with Crippen molar-refractivity contribution in [2.75, 3.05) is 7.11 Å². The maximum absolute atomic E-state index is 5.61. The molecule has 0 fully saturated rings. The third-order valence-electron chi connectivity index (χ3n) is 9.19. The van der Waals surface area contributed by atoms with Crippen molar-refractivity contribution in [1.29, 1.82) is 0 Å². The number of nitrogens with zero attached hydrogens (tertiary/aromatic N) is 4. The Balaban J connectivity index is 1.48. The molecule has 0 unspecified atom stereocenters. The van der Waals surface area contributed by atoms with Crippen molar-refractivity contribution in [1.82, 2.24) is 19.1 Å². The van der Waals surface area contributed by atoms with Gasteiger partial charge in [-0.25, -0.2) is 9.97 Å². The van der Waals surface area contributed by atoms with E-state index in [1.807, 2.05) is 12.1 Å². The highest BCUT2D eigenvalue weighted by molar-refractivity contribution is 6.26. The first-order valence-electron chi connectivity index (χ1n) is 15.8. The summed E-state index contributed by atoms with van der Waals surface area (Å²) in [5, 5.41) is 4.49. The lowest BCUT2D eigenvalue weighted by atomic mass is 9.96. The van der Waals surface area contributed by atoms with Crippen LogP contribution in [0.5, 0.6) is 5.75 Å². The molecule has 0 N–H and O–H groups in total. The van der Waals surface area contributed by atoms with Crippen molar-refractivity contribution < 1.29 is 4.74 Å². The molecule has 5 aromatic carbocycles. The van der Waals surface area contributed by atoms with E-state index in [-0.39, 0.29) is 0 Å². The number of rotatable bonds is 5. The summed E-state index contributed by atoms with van der Waals surface area (Å²) in [5.41, 5.74) is 10.5. The van der Waals surface area contributed by atoms with E-state index in [9.17, 15) is 0 Å². The number of benzene rings is 5. The summed E-state index contributed by atoms with van der Waals surface area (Å²) in [6.45, 7) is 2.13. The molecule has 0 aliphatic carbocycles. The molecule has 0 amide bonds. The van der Waals surface area contributed by atoms with Gasteiger partial charge in [0.15, 0.2) is 0 Å². The van der Waals surface area contributed by atoms with Gasteiger partial charge in [-0.15, -0.1) is 0 Å². The van der Waals surface area contributed by atoms with Crippen LogP contribution < -0.4 is 4.74 Å². The van der Waals surface area contributed by atoms with Crippen LogP contribution >= 0.6 is 0 Å². The number of para-hydroxylation sites is 3. The fourth-order valence-corrected chi connectivity index (χ4v) is 7.06. The van der Waals surface area contributed by atoms with Crippen LogP contribution in [-0.4, -0.2) is 26.2 Å². The zero-order valence-corrected chi connectivity index (χ0v) is 26.1. The Morgan fingerprint density at radius 3 is 1.85 bits per heavy atom.